The number of ether oxygens (including phenoxy) is 3. The molecule has 0 N–H and O–H groups in total. The van der Waals surface area contributed by atoms with Crippen molar-refractivity contribution in [2.45, 2.75) is 63.4 Å². The van der Waals surface area contributed by atoms with Gasteiger partial charge in [-0.15, -0.1) is 0 Å². The van der Waals surface area contributed by atoms with Crippen LogP contribution in [0.15, 0.2) is 11.6 Å². The first-order valence-corrected chi connectivity index (χ1v) is 7.43. The molecule has 0 amide bonds. The van der Waals surface area contributed by atoms with Gasteiger partial charge < -0.3 is 14.2 Å². The zero-order valence-electron chi connectivity index (χ0n) is 12.8. The van der Waals surface area contributed by atoms with Gasteiger partial charge in [0.1, 0.15) is 17.3 Å². The molecule has 1 spiro atoms. The molecule has 0 radical (unpaired) electrons. The van der Waals surface area contributed by atoms with Gasteiger partial charge in [-0.3, -0.25) is 4.79 Å². The highest BCUT2D eigenvalue weighted by Gasteiger charge is 2.71. The number of hydrogen-bond donors (Lipinski definition) is 0. The molecule has 0 aromatic rings. The van der Waals surface area contributed by atoms with Crippen LogP contribution >= 0.6 is 0 Å². The zero-order chi connectivity index (χ0) is 14.5. The predicted octanol–water partition coefficient (Wildman–Crippen LogP) is 2.26. The third-order valence-electron chi connectivity index (χ3n) is 5.09. The molecule has 0 bridgehead atoms. The quantitative estimate of drug-likeness (QED) is 0.585. The van der Waals surface area contributed by atoms with Crippen LogP contribution in [0, 0.1) is 5.92 Å². The number of ketones is 1. The van der Waals surface area contributed by atoms with E-state index in [0.29, 0.717) is 6.42 Å². The highest BCUT2D eigenvalue weighted by atomic mass is 16.6. The molecule has 1 saturated carbocycles. The Kier molecular flexibility index (Phi) is 3.31. The van der Waals surface area contributed by atoms with E-state index in [-0.39, 0.29) is 35.1 Å². The van der Waals surface area contributed by atoms with Crippen molar-refractivity contribution in [3.05, 3.63) is 11.6 Å². The van der Waals surface area contributed by atoms with Crippen LogP contribution in [0.1, 0.15) is 40.0 Å². The van der Waals surface area contributed by atoms with Crippen LogP contribution in [0.25, 0.3) is 0 Å². The molecule has 3 rings (SSSR count). The molecule has 20 heavy (non-hydrogen) atoms. The van der Waals surface area contributed by atoms with Gasteiger partial charge in [0.15, 0.2) is 5.78 Å². The lowest BCUT2D eigenvalue weighted by atomic mass is 9.69. The SMILES string of the molecule is CO[C@@H]1C(=O)CC[C@]2(CO2)[C@H]1[C@]1(C)O[C@@H]1CC=C(C)C. The highest BCUT2D eigenvalue weighted by Crippen LogP contribution is 2.58. The Labute approximate surface area is 120 Å². The Hall–Kier alpha value is -0.710. The first kappa shape index (κ1) is 14.2. The molecular weight excluding hydrogens is 256 g/mol. The number of Topliss-reactive ketones (excluding diaryl/α,β-unsaturated/α-hetero) is 1. The fraction of sp³-hybridized carbons (Fsp3) is 0.812. The molecule has 0 aromatic carbocycles. The van der Waals surface area contributed by atoms with Crippen molar-refractivity contribution < 1.29 is 19.0 Å². The van der Waals surface area contributed by atoms with Gasteiger partial charge in [-0.25, -0.2) is 0 Å². The molecule has 0 unspecified atom stereocenters. The standard InChI is InChI=1S/C16H24O4/c1-10(2)5-6-12-15(3,20-12)14-13(18-4)11(17)7-8-16(14)9-19-16/h5,12-14H,6-9H2,1-4H3/t12-,13-,14-,15-,16+/m1/s1. The topological polar surface area (TPSA) is 51.4 Å². The third kappa shape index (κ3) is 2.14. The fourth-order valence-electron chi connectivity index (χ4n) is 3.77. The van der Waals surface area contributed by atoms with E-state index in [2.05, 4.69) is 26.8 Å². The number of carbonyl (C=O) groups is 1. The zero-order valence-corrected chi connectivity index (χ0v) is 12.8. The van der Waals surface area contributed by atoms with E-state index in [4.69, 9.17) is 14.2 Å². The summed E-state index contributed by atoms with van der Waals surface area (Å²) in [7, 11) is 1.62. The van der Waals surface area contributed by atoms with Crippen LogP contribution < -0.4 is 0 Å². The Morgan fingerprint density at radius 2 is 2.20 bits per heavy atom. The maximum atomic E-state index is 12.2. The van der Waals surface area contributed by atoms with Crippen molar-refractivity contribution in [1.82, 2.24) is 0 Å². The van der Waals surface area contributed by atoms with Gasteiger partial charge in [0.05, 0.1) is 18.6 Å². The first-order chi connectivity index (χ1) is 9.43. The van der Waals surface area contributed by atoms with Crippen molar-refractivity contribution in [1.29, 1.82) is 0 Å². The van der Waals surface area contributed by atoms with Crippen LogP contribution in [0.3, 0.4) is 0 Å². The summed E-state index contributed by atoms with van der Waals surface area (Å²) in [5.41, 5.74) is 0.825. The lowest BCUT2D eigenvalue weighted by molar-refractivity contribution is -0.142. The van der Waals surface area contributed by atoms with E-state index in [1.54, 1.807) is 7.11 Å². The molecule has 4 heteroatoms. The summed E-state index contributed by atoms with van der Waals surface area (Å²) < 4.78 is 17.2. The molecule has 0 aromatic heterocycles. The maximum Gasteiger partial charge on any atom is 0.162 e. The summed E-state index contributed by atoms with van der Waals surface area (Å²) in [6.07, 6.45) is 4.26. The van der Waals surface area contributed by atoms with Crippen molar-refractivity contribution >= 4 is 5.78 Å². The second kappa shape index (κ2) is 4.65. The summed E-state index contributed by atoms with van der Waals surface area (Å²) >= 11 is 0. The summed E-state index contributed by atoms with van der Waals surface area (Å²) in [6.45, 7) is 7.02. The van der Waals surface area contributed by atoms with E-state index in [1.165, 1.54) is 5.57 Å². The summed E-state index contributed by atoms with van der Waals surface area (Å²) in [5.74, 6) is 0.216. The van der Waals surface area contributed by atoms with Crippen LogP contribution in [-0.4, -0.2) is 42.9 Å². The van der Waals surface area contributed by atoms with Gasteiger partial charge in [0, 0.05) is 13.5 Å². The van der Waals surface area contributed by atoms with Crippen molar-refractivity contribution in [2.75, 3.05) is 13.7 Å². The monoisotopic (exact) mass is 280 g/mol. The minimum absolute atomic E-state index is 0.0248. The summed E-state index contributed by atoms with van der Waals surface area (Å²) in [5, 5.41) is 0. The molecule has 1 aliphatic carbocycles. The van der Waals surface area contributed by atoms with Crippen molar-refractivity contribution in [3.63, 3.8) is 0 Å². The van der Waals surface area contributed by atoms with Crippen molar-refractivity contribution in [2.24, 2.45) is 5.92 Å². The second-order valence-electron chi connectivity index (χ2n) is 6.76. The molecule has 2 heterocycles. The summed E-state index contributed by atoms with van der Waals surface area (Å²) in [6, 6.07) is 0. The normalized spacial score (nSPS) is 46.4. The number of allylic oxidation sites excluding steroid dienone is 1. The van der Waals surface area contributed by atoms with Gasteiger partial charge in [0.2, 0.25) is 0 Å². The average Bonchev–Trinajstić information content (AvgIpc) is 3.29. The number of rotatable bonds is 4. The van der Waals surface area contributed by atoms with E-state index in [1.807, 2.05) is 0 Å². The molecule has 4 nitrogen and oxygen atoms in total. The van der Waals surface area contributed by atoms with Crippen molar-refractivity contribution in [3.8, 4) is 0 Å². The molecule has 5 atom stereocenters. The number of carbonyl (C=O) groups excluding carboxylic acids is 1. The Bertz CT molecular complexity index is 447. The minimum atomic E-state index is -0.382. The van der Waals surface area contributed by atoms with Gasteiger partial charge >= 0.3 is 0 Å². The first-order valence-electron chi connectivity index (χ1n) is 7.43. The lowest BCUT2D eigenvalue weighted by Gasteiger charge is -2.37. The van der Waals surface area contributed by atoms with Crippen LogP contribution in [0.2, 0.25) is 0 Å². The maximum absolute atomic E-state index is 12.2. The Morgan fingerprint density at radius 1 is 1.50 bits per heavy atom. The Balaban J connectivity index is 1.80. The van der Waals surface area contributed by atoms with Crippen LogP contribution in [-0.2, 0) is 19.0 Å². The number of methoxy groups -OCH3 is 1. The minimum Gasteiger partial charge on any atom is -0.373 e. The average molecular weight is 280 g/mol. The van der Waals surface area contributed by atoms with Gasteiger partial charge in [-0.2, -0.15) is 0 Å². The summed E-state index contributed by atoms with van der Waals surface area (Å²) in [4.78, 5) is 12.2. The number of epoxide rings is 2. The van der Waals surface area contributed by atoms with Gasteiger partial charge in [-0.1, -0.05) is 11.6 Å². The lowest BCUT2D eigenvalue weighted by Crippen LogP contribution is -2.52. The second-order valence-corrected chi connectivity index (χ2v) is 6.76. The third-order valence-corrected chi connectivity index (χ3v) is 5.09. The van der Waals surface area contributed by atoms with E-state index < -0.39 is 0 Å². The molecule has 2 saturated heterocycles. The largest absolute Gasteiger partial charge is 0.373 e. The van der Waals surface area contributed by atoms with Crippen LogP contribution in [0.4, 0.5) is 0 Å². The Morgan fingerprint density at radius 3 is 2.75 bits per heavy atom. The number of hydrogen-bond acceptors (Lipinski definition) is 4. The molecular formula is C16H24O4. The predicted molar refractivity (Wildman–Crippen MR) is 74.5 cm³/mol. The van der Waals surface area contributed by atoms with Crippen LogP contribution in [0.5, 0.6) is 0 Å². The molecule has 112 valence electrons. The molecule has 3 aliphatic rings. The van der Waals surface area contributed by atoms with Gasteiger partial charge in [-0.05, 0) is 33.6 Å². The highest BCUT2D eigenvalue weighted by molar-refractivity contribution is 5.85. The smallest absolute Gasteiger partial charge is 0.162 e. The van der Waals surface area contributed by atoms with Gasteiger partial charge in [0.25, 0.3) is 0 Å². The van der Waals surface area contributed by atoms with E-state index >= 15 is 0 Å². The van der Waals surface area contributed by atoms with E-state index in [9.17, 15) is 4.79 Å². The fourth-order valence-corrected chi connectivity index (χ4v) is 3.77. The molecule has 3 fully saturated rings. The van der Waals surface area contributed by atoms with E-state index in [0.717, 1.165) is 19.4 Å². The molecule has 2 aliphatic heterocycles.